The monoisotopic (exact) mass is 327 g/mol. The third kappa shape index (κ3) is 4.81. The lowest BCUT2D eigenvalue weighted by atomic mass is 10.1. The number of alkyl halides is 3. The average Bonchev–Trinajstić information content (AvgIpc) is 2.35. The second kappa shape index (κ2) is 6.20. The highest BCUT2D eigenvalue weighted by Crippen LogP contribution is 2.31. The van der Waals surface area contributed by atoms with E-state index in [9.17, 15) is 21.6 Å². The van der Waals surface area contributed by atoms with Gasteiger partial charge in [0.05, 0.1) is 20.5 Å². The molecule has 0 unspecified atom stereocenters. The lowest BCUT2D eigenvalue weighted by Gasteiger charge is -2.12. The van der Waals surface area contributed by atoms with E-state index in [0.29, 0.717) is 6.26 Å². The van der Waals surface area contributed by atoms with Gasteiger partial charge in [0, 0.05) is 5.56 Å². The minimum absolute atomic E-state index is 0.0336. The van der Waals surface area contributed by atoms with E-state index >= 15 is 0 Å². The maximum atomic E-state index is 12.9. The summed E-state index contributed by atoms with van der Waals surface area (Å²) < 4.78 is 74.0. The van der Waals surface area contributed by atoms with E-state index < -0.39 is 27.6 Å². The first-order valence-electron chi connectivity index (χ1n) is 5.34. The van der Waals surface area contributed by atoms with E-state index in [2.05, 4.69) is 9.44 Å². The lowest BCUT2D eigenvalue weighted by molar-refractivity contribution is -0.0596. The van der Waals surface area contributed by atoms with Crippen molar-refractivity contribution in [3.63, 3.8) is 0 Å². The first-order chi connectivity index (χ1) is 9.58. The van der Waals surface area contributed by atoms with E-state index in [0.717, 1.165) is 12.1 Å². The summed E-state index contributed by atoms with van der Waals surface area (Å²) in [4.78, 5) is 0. The molecule has 1 rings (SSSR count). The molecule has 0 heterocycles. The van der Waals surface area contributed by atoms with E-state index in [-0.39, 0.29) is 11.5 Å². The number of methoxy groups -OCH3 is 2. The molecule has 0 spiro atoms. The van der Waals surface area contributed by atoms with Crippen molar-refractivity contribution in [2.24, 2.45) is 5.16 Å². The van der Waals surface area contributed by atoms with E-state index in [1.807, 2.05) is 0 Å². The van der Waals surface area contributed by atoms with E-state index in [4.69, 9.17) is 9.47 Å². The van der Waals surface area contributed by atoms with Gasteiger partial charge >= 0.3 is 16.3 Å². The summed E-state index contributed by atoms with van der Waals surface area (Å²) in [5.74, 6) is 0.248. The Morgan fingerprint density at radius 1 is 1.14 bits per heavy atom. The smallest absolute Gasteiger partial charge is 0.437 e. The van der Waals surface area contributed by atoms with Crippen molar-refractivity contribution in [2.75, 3.05) is 20.5 Å². The number of benzene rings is 1. The normalized spacial score (nSPS) is 13.0. The molecule has 0 bridgehead atoms. The lowest BCUT2D eigenvalue weighted by Crippen LogP contribution is -2.25. The molecule has 0 fully saturated rings. The van der Waals surface area contributed by atoms with Crippen LogP contribution in [0.2, 0.25) is 0 Å². The quantitative estimate of drug-likeness (QED) is 0.610. The number of rotatable bonds is 5. The first kappa shape index (κ1) is 17.1. The molecule has 1 aromatic carbocycles. The third-order valence-corrected chi connectivity index (χ3v) is 2.53. The summed E-state index contributed by atoms with van der Waals surface area (Å²) in [5, 5.41) is 2.67. The molecule has 10 heteroatoms. The summed E-state index contributed by atoms with van der Waals surface area (Å²) >= 11 is 0. The maximum Gasteiger partial charge on any atom is 0.437 e. The van der Waals surface area contributed by atoms with Crippen molar-refractivity contribution in [3.8, 4) is 11.5 Å². The number of hydrogen-bond donors (Lipinski definition) is 0. The Kier molecular flexibility index (Phi) is 5.05. The van der Waals surface area contributed by atoms with Crippen molar-refractivity contribution in [1.82, 2.24) is 0 Å². The number of nitrogens with zero attached hydrogens (tertiary/aromatic N) is 1. The third-order valence-electron chi connectivity index (χ3n) is 2.19. The van der Waals surface area contributed by atoms with Gasteiger partial charge in [0.25, 0.3) is 0 Å². The van der Waals surface area contributed by atoms with Crippen LogP contribution < -0.4 is 9.47 Å². The van der Waals surface area contributed by atoms with E-state index in [1.54, 1.807) is 0 Å². The van der Waals surface area contributed by atoms with Crippen LogP contribution in [0.5, 0.6) is 11.5 Å². The topological polar surface area (TPSA) is 74.2 Å². The Morgan fingerprint density at radius 3 is 2.14 bits per heavy atom. The number of halogens is 3. The van der Waals surface area contributed by atoms with Gasteiger partial charge in [-0.2, -0.15) is 21.6 Å². The molecule has 0 saturated carbocycles. The Bertz CT molecular complexity index is 640. The van der Waals surface area contributed by atoms with Gasteiger partial charge in [-0.05, 0) is 18.2 Å². The Morgan fingerprint density at radius 2 is 1.71 bits per heavy atom. The molecular weight excluding hydrogens is 315 g/mol. The summed E-state index contributed by atoms with van der Waals surface area (Å²) in [7, 11) is -1.59. The van der Waals surface area contributed by atoms with Gasteiger partial charge in [0.2, 0.25) is 0 Å². The van der Waals surface area contributed by atoms with Crippen LogP contribution in [0.15, 0.2) is 23.4 Å². The van der Waals surface area contributed by atoms with Gasteiger partial charge in [0.1, 0.15) is 0 Å². The largest absolute Gasteiger partial charge is 0.493 e. The van der Waals surface area contributed by atoms with Crippen molar-refractivity contribution >= 4 is 15.8 Å². The fourth-order valence-electron chi connectivity index (χ4n) is 1.36. The van der Waals surface area contributed by atoms with Crippen LogP contribution in [-0.4, -0.2) is 40.8 Å². The summed E-state index contributed by atoms with van der Waals surface area (Å²) in [6, 6.07) is 3.30. The Labute approximate surface area is 119 Å². The van der Waals surface area contributed by atoms with Gasteiger partial charge in [-0.3, -0.25) is 4.28 Å². The minimum Gasteiger partial charge on any atom is -0.493 e. The van der Waals surface area contributed by atoms with Gasteiger partial charge in [-0.15, -0.1) is 0 Å². The zero-order valence-corrected chi connectivity index (χ0v) is 12.1. The molecule has 1 aromatic rings. The van der Waals surface area contributed by atoms with Gasteiger partial charge in [0.15, 0.2) is 17.2 Å². The second-order valence-corrected chi connectivity index (χ2v) is 5.34. The van der Waals surface area contributed by atoms with Crippen molar-refractivity contribution < 1.29 is 35.3 Å². The average molecular weight is 327 g/mol. The molecular formula is C11H12F3NO5S. The van der Waals surface area contributed by atoms with Crippen LogP contribution in [0.25, 0.3) is 0 Å². The highest BCUT2D eigenvalue weighted by Gasteiger charge is 2.38. The summed E-state index contributed by atoms with van der Waals surface area (Å²) in [5.41, 5.74) is -1.93. The highest BCUT2D eigenvalue weighted by molar-refractivity contribution is 7.85. The highest BCUT2D eigenvalue weighted by atomic mass is 32.2. The van der Waals surface area contributed by atoms with Gasteiger partial charge in [-0.1, -0.05) is 5.16 Å². The molecule has 0 aliphatic heterocycles. The second-order valence-electron chi connectivity index (χ2n) is 3.79. The molecule has 0 saturated heterocycles. The van der Waals surface area contributed by atoms with Crippen molar-refractivity contribution in [2.45, 2.75) is 6.18 Å². The SMILES string of the molecule is COc1ccc(/C(=N/OS(C)(=O)=O)C(F)(F)F)cc1OC. The number of oxime groups is 1. The predicted molar refractivity (Wildman–Crippen MR) is 68.1 cm³/mol. The van der Waals surface area contributed by atoms with Crippen LogP contribution in [0, 0.1) is 0 Å². The Balaban J connectivity index is 3.34. The van der Waals surface area contributed by atoms with Crippen LogP contribution in [0.1, 0.15) is 5.56 Å². The molecule has 0 amide bonds. The molecule has 6 nitrogen and oxygen atoms in total. The minimum atomic E-state index is -4.91. The molecule has 0 aromatic heterocycles. The predicted octanol–water partition coefficient (Wildman–Crippen LogP) is 1.95. The summed E-state index contributed by atoms with van der Waals surface area (Å²) in [6.07, 6.45) is -4.33. The van der Waals surface area contributed by atoms with Gasteiger partial charge < -0.3 is 9.47 Å². The van der Waals surface area contributed by atoms with Crippen molar-refractivity contribution in [1.29, 1.82) is 0 Å². The van der Waals surface area contributed by atoms with Crippen LogP contribution >= 0.6 is 0 Å². The van der Waals surface area contributed by atoms with Crippen molar-refractivity contribution in [3.05, 3.63) is 23.8 Å². The number of ether oxygens (including phenoxy) is 2. The maximum absolute atomic E-state index is 12.9. The zero-order chi connectivity index (χ0) is 16.3. The molecule has 21 heavy (non-hydrogen) atoms. The van der Waals surface area contributed by atoms with Gasteiger partial charge in [-0.25, -0.2) is 0 Å². The van der Waals surface area contributed by atoms with Crippen LogP contribution in [-0.2, 0) is 14.4 Å². The molecule has 0 aliphatic rings. The number of hydrogen-bond acceptors (Lipinski definition) is 6. The van der Waals surface area contributed by atoms with Crippen LogP contribution in [0.4, 0.5) is 13.2 Å². The molecule has 118 valence electrons. The molecule has 0 radical (unpaired) electrons. The zero-order valence-electron chi connectivity index (χ0n) is 11.3. The molecule has 0 atom stereocenters. The fraction of sp³-hybridized carbons (Fsp3) is 0.364. The first-order valence-corrected chi connectivity index (χ1v) is 7.16. The summed E-state index contributed by atoms with van der Waals surface area (Å²) in [6.45, 7) is 0. The standard InChI is InChI=1S/C11H12F3NO5S/c1-18-8-5-4-7(6-9(8)19-2)10(11(12,13)14)15-20-21(3,16)17/h4-6H,1-3H3/b15-10-. The molecule has 0 N–H and O–H groups in total. The van der Waals surface area contributed by atoms with E-state index in [1.165, 1.54) is 20.3 Å². The molecule has 0 aliphatic carbocycles. The Hall–Kier alpha value is -1.97. The van der Waals surface area contributed by atoms with Crippen LogP contribution in [0.3, 0.4) is 0 Å². The fourth-order valence-corrected chi connectivity index (χ4v) is 1.57.